The smallest absolute Gasteiger partial charge is 0.127 e. The highest BCUT2D eigenvalue weighted by Gasteiger charge is 2.31. The first-order valence-corrected chi connectivity index (χ1v) is 5.77. The van der Waals surface area contributed by atoms with Crippen molar-refractivity contribution in [1.82, 2.24) is 0 Å². The van der Waals surface area contributed by atoms with E-state index in [0.717, 1.165) is 6.29 Å². The van der Waals surface area contributed by atoms with Crippen LogP contribution >= 0.6 is 0 Å². The molecule has 0 bridgehead atoms. The molecule has 0 aliphatic heterocycles. The molecule has 1 fully saturated rings. The summed E-state index contributed by atoms with van der Waals surface area (Å²) in [6, 6.07) is 8.54. The average molecular weight is 202 g/mol. The fraction of sp³-hybridized carbons (Fsp3) is 0.500. The SMILES string of the molecule is CC(C)c1ccc(C(C=O)C2CC2)cc1. The van der Waals surface area contributed by atoms with Crippen LogP contribution in [0.1, 0.15) is 49.7 Å². The minimum absolute atomic E-state index is 0.145. The van der Waals surface area contributed by atoms with Crippen molar-refractivity contribution < 1.29 is 4.79 Å². The summed E-state index contributed by atoms with van der Waals surface area (Å²) in [7, 11) is 0. The van der Waals surface area contributed by atoms with Crippen LogP contribution in [0.3, 0.4) is 0 Å². The number of benzene rings is 1. The van der Waals surface area contributed by atoms with Crippen molar-refractivity contribution in [3.8, 4) is 0 Å². The highest BCUT2D eigenvalue weighted by molar-refractivity contribution is 5.63. The highest BCUT2D eigenvalue weighted by atomic mass is 16.1. The maximum atomic E-state index is 11.0. The van der Waals surface area contributed by atoms with E-state index in [-0.39, 0.29) is 5.92 Å². The normalized spacial score (nSPS) is 17.8. The summed E-state index contributed by atoms with van der Waals surface area (Å²) in [4.78, 5) is 11.0. The molecule has 0 heterocycles. The van der Waals surface area contributed by atoms with E-state index in [9.17, 15) is 4.79 Å². The molecule has 0 spiro atoms. The van der Waals surface area contributed by atoms with Crippen LogP contribution < -0.4 is 0 Å². The van der Waals surface area contributed by atoms with Crippen molar-refractivity contribution >= 4 is 6.29 Å². The maximum Gasteiger partial charge on any atom is 0.127 e. The standard InChI is InChI=1S/C14H18O/c1-10(2)11-3-5-12(6-4-11)14(9-15)13-7-8-13/h3-6,9-10,13-14H,7-8H2,1-2H3. The molecule has 80 valence electrons. The summed E-state index contributed by atoms with van der Waals surface area (Å²) in [5, 5.41) is 0. The van der Waals surface area contributed by atoms with Crippen LogP contribution in [0.4, 0.5) is 0 Å². The molecule has 1 aliphatic rings. The first-order valence-electron chi connectivity index (χ1n) is 5.77. The zero-order valence-electron chi connectivity index (χ0n) is 9.44. The van der Waals surface area contributed by atoms with Gasteiger partial charge in [-0.2, -0.15) is 0 Å². The van der Waals surface area contributed by atoms with E-state index in [1.807, 2.05) is 0 Å². The Bertz CT molecular complexity index is 333. The van der Waals surface area contributed by atoms with Crippen LogP contribution in [0.2, 0.25) is 0 Å². The van der Waals surface area contributed by atoms with Gasteiger partial charge in [0.05, 0.1) is 0 Å². The van der Waals surface area contributed by atoms with Gasteiger partial charge in [0.2, 0.25) is 0 Å². The topological polar surface area (TPSA) is 17.1 Å². The molecule has 2 rings (SSSR count). The Morgan fingerprint density at radius 3 is 2.07 bits per heavy atom. The second-order valence-electron chi connectivity index (χ2n) is 4.82. The van der Waals surface area contributed by atoms with Crippen LogP contribution in [-0.4, -0.2) is 6.29 Å². The number of carbonyl (C=O) groups is 1. The molecule has 0 aromatic heterocycles. The number of rotatable bonds is 4. The van der Waals surface area contributed by atoms with Gasteiger partial charge in [-0.1, -0.05) is 38.1 Å². The Kier molecular flexibility index (Phi) is 2.90. The lowest BCUT2D eigenvalue weighted by atomic mass is 9.93. The van der Waals surface area contributed by atoms with Crippen molar-refractivity contribution in [3.63, 3.8) is 0 Å². The summed E-state index contributed by atoms with van der Waals surface area (Å²) in [6.45, 7) is 4.38. The number of carbonyl (C=O) groups excluding carboxylic acids is 1. The van der Waals surface area contributed by atoms with Gasteiger partial charge in [-0.25, -0.2) is 0 Å². The third kappa shape index (κ3) is 2.28. The summed E-state index contributed by atoms with van der Waals surface area (Å²) in [5.41, 5.74) is 2.54. The quantitative estimate of drug-likeness (QED) is 0.683. The molecule has 1 nitrogen and oxygen atoms in total. The second kappa shape index (κ2) is 4.18. The third-order valence-corrected chi connectivity index (χ3v) is 3.26. The van der Waals surface area contributed by atoms with Gasteiger partial charge >= 0.3 is 0 Å². The zero-order chi connectivity index (χ0) is 10.8. The molecule has 0 N–H and O–H groups in total. The van der Waals surface area contributed by atoms with Crippen molar-refractivity contribution in [1.29, 1.82) is 0 Å². The van der Waals surface area contributed by atoms with E-state index in [4.69, 9.17) is 0 Å². The Balaban J connectivity index is 2.17. The molecule has 15 heavy (non-hydrogen) atoms. The Hall–Kier alpha value is -1.11. The summed E-state index contributed by atoms with van der Waals surface area (Å²) in [5.74, 6) is 1.33. The number of hydrogen-bond donors (Lipinski definition) is 0. The molecule has 1 saturated carbocycles. The van der Waals surface area contributed by atoms with Gasteiger partial charge in [-0.3, -0.25) is 0 Å². The molecule has 1 heteroatoms. The van der Waals surface area contributed by atoms with Gasteiger partial charge in [0, 0.05) is 5.92 Å². The lowest BCUT2D eigenvalue weighted by Crippen LogP contribution is -2.02. The Morgan fingerprint density at radius 2 is 1.67 bits per heavy atom. The van der Waals surface area contributed by atoms with Crippen molar-refractivity contribution in [3.05, 3.63) is 35.4 Å². The Labute approximate surface area is 91.5 Å². The summed E-state index contributed by atoms with van der Waals surface area (Å²) in [6.07, 6.45) is 3.55. The van der Waals surface area contributed by atoms with Gasteiger partial charge in [0.1, 0.15) is 6.29 Å². The van der Waals surface area contributed by atoms with E-state index in [2.05, 4.69) is 38.1 Å². The minimum atomic E-state index is 0.145. The van der Waals surface area contributed by atoms with E-state index < -0.39 is 0 Å². The molecule has 1 aromatic carbocycles. The van der Waals surface area contributed by atoms with Gasteiger partial charge in [0.25, 0.3) is 0 Å². The Morgan fingerprint density at radius 1 is 1.13 bits per heavy atom. The van der Waals surface area contributed by atoms with Crippen molar-refractivity contribution in [2.75, 3.05) is 0 Å². The molecular weight excluding hydrogens is 184 g/mol. The highest BCUT2D eigenvalue weighted by Crippen LogP contribution is 2.41. The van der Waals surface area contributed by atoms with E-state index in [1.54, 1.807) is 0 Å². The monoisotopic (exact) mass is 202 g/mol. The first kappa shape index (κ1) is 10.4. The van der Waals surface area contributed by atoms with E-state index in [1.165, 1.54) is 24.0 Å². The van der Waals surface area contributed by atoms with Gasteiger partial charge < -0.3 is 4.79 Å². The largest absolute Gasteiger partial charge is 0.303 e. The zero-order valence-corrected chi connectivity index (χ0v) is 9.44. The fourth-order valence-electron chi connectivity index (χ4n) is 2.02. The summed E-state index contributed by atoms with van der Waals surface area (Å²) >= 11 is 0. The van der Waals surface area contributed by atoms with Crippen LogP contribution in [0, 0.1) is 5.92 Å². The van der Waals surface area contributed by atoms with Crippen LogP contribution in [0.5, 0.6) is 0 Å². The molecule has 0 saturated heterocycles. The molecule has 0 amide bonds. The maximum absolute atomic E-state index is 11.0. The predicted molar refractivity (Wildman–Crippen MR) is 62.1 cm³/mol. The van der Waals surface area contributed by atoms with E-state index in [0.29, 0.717) is 11.8 Å². The molecule has 0 radical (unpaired) electrons. The van der Waals surface area contributed by atoms with Gasteiger partial charge in [-0.05, 0) is 35.8 Å². The number of hydrogen-bond acceptors (Lipinski definition) is 1. The molecule has 1 aromatic rings. The van der Waals surface area contributed by atoms with E-state index >= 15 is 0 Å². The molecule has 1 aliphatic carbocycles. The van der Waals surface area contributed by atoms with Crippen molar-refractivity contribution in [2.45, 2.75) is 38.5 Å². The second-order valence-corrected chi connectivity index (χ2v) is 4.82. The fourth-order valence-corrected chi connectivity index (χ4v) is 2.02. The third-order valence-electron chi connectivity index (χ3n) is 3.26. The molecule has 1 unspecified atom stereocenters. The van der Waals surface area contributed by atoms with Crippen molar-refractivity contribution in [2.24, 2.45) is 5.92 Å². The predicted octanol–water partition coefficient (Wildman–Crippen LogP) is 3.50. The molecule has 1 atom stereocenters. The van der Waals surface area contributed by atoms with Gasteiger partial charge in [-0.15, -0.1) is 0 Å². The minimum Gasteiger partial charge on any atom is -0.303 e. The molecular formula is C14H18O. The summed E-state index contributed by atoms with van der Waals surface area (Å²) < 4.78 is 0. The van der Waals surface area contributed by atoms with Crippen LogP contribution in [0.25, 0.3) is 0 Å². The lowest BCUT2D eigenvalue weighted by Gasteiger charge is -2.11. The van der Waals surface area contributed by atoms with Gasteiger partial charge in [0.15, 0.2) is 0 Å². The first-order chi connectivity index (χ1) is 7.22. The number of aldehydes is 1. The average Bonchev–Trinajstić information content (AvgIpc) is 3.04. The lowest BCUT2D eigenvalue weighted by molar-refractivity contribution is -0.109. The van der Waals surface area contributed by atoms with Crippen LogP contribution in [-0.2, 0) is 4.79 Å². The van der Waals surface area contributed by atoms with Crippen LogP contribution in [0.15, 0.2) is 24.3 Å².